The van der Waals surface area contributed by atoms with Crippen molar-refractivity contribution in [1.29, 1.82) is 0 Å². The Kier molecular flexibility index (Phi) is 5.99. The number of carbonyl (C=O) groups is 1. The number of rotatable bonds is 7. The fourth-order valence-electron chi connectivity index (χ4n) is 3.26. The predicted molar refractivity (Wildman–Crippen MR) is 99.7 cm³/mol. The van der Waals surface area contributed by atoms with E-state index in [0.717, 1.165) is 19.1 Å². The third-order valence-electron chi connectivity index (χ3n) is 4.65. The molecule has 1 aromatic heterocycles. The second-order valence-electron chi connectivity index (χ2n) is 6.32. The van der Waals surface area contributed by atoms with Crippen molar-refractivity contribution in [2.75, 3.05) is 34.5 Å². The lowest BCUT2D eigenvalue weighted by Crippen LogP contribution is -2.26. The molecule has 0 aliphatic carbocycles. The maximum absolute atomic E-state index is 14.9. The molecule has 28 heavy (non-hydrogen) atoms. The Labute approximate surface area is 161 Å². The highest BCUT2D eigenvalue weighted by molar-refractivity contribution is 5.89. The number of ether oxygens (including phenoxy) is 4. The molecule has 0 saturated carbocycles. The molecule has 0 atom stereocenters. The number of aryl methyl sites for hydroxylation is 2. The summed E-state index contributed by atoms with van der Waals surface area (Å²) in [5, 5.41) is 0. The van der Waals surface area contributed by atoms with E-state index >= 15 is 0 Å². The molecule has 0 radical (unpaired) electrons. The fourth-order valence-corrected chi connectivity index (χ4v) is 3.26. The Balaban J connectivity index is 2.05. The second kappa shape index (κ2) is 8.43. The van der Waals surface area contributed by atoms with Crippen LogP contribution in [0.3, 0.4) is 0 Å². The van der Waals surface area contributed by atoms with Gasteiger partial charge in [-0.15, -0.1) is 0 Å². The number of nitrogens with zero attached hydrogens (tertiary/aromatic N) is 1. The van der Waals surface area contributed by atoms with Crippen LogP contribution in [0.4, 0.5) is 4.39 Å². The molecule has 0 spiro atoms. The average molecular weight is 391 g/mol. The maximum atomic E-state index is 14.9. The molecule has 0 N–H and O–H groups in total. The van der Waals surface area contributed by atoms with Crippen LogP contribution >= 0.6 is 0 Å². The van der Waals surface area contributed by atoms with Crippen LogP contribution in [0, 0.1) is 5.82 Å². The normalized spacial score (nSPS) is 12.1. The highest BCUT2D eigenvalue weighted by Gasteiger charge is 2.27. The van der Waals surface area contributed by atoms with Gasteiger partial charge in [0.2, 0.25) is 5.43 Å². The number of hydrogen-bond acceptors (Lipinski definition) is 6. The van der Waals surface area contributed by atoms with Gasteiger partial charge < -0.3 is 23.5 Å². The SMILES string of the molecule is COCCCOc1cc2c(cc1OC)-c1c(F)c(=O)c(C(=O)OC)cn1CC2. The Morgan fingerprint density at radius 2 is 1.96 bits per heavy atom. The number of esters is 1. The van der Waals surface area contributed by atoms with Gasteiger partial charge in [0, 0.05) is 38.4 Å². The van der Waals surface area contributed by atoms with Crippen molar-refractivity contribution >= 4 is 5.97 Å². The smallest absolute Gasteiger partial charge is 0.343 e. The Morgan fingerprint density at radius 1 is 1.18 bits per heavy atom. The summed E-state index contributed by atoms with van der Waals surface area (Å²) in [7, 11) is 4.27. The van der Waals surface area contributed by atoms with Gasteiger partial charge in [-0.05, 0) is 24.1 Å². The third kappa shape index (κ3) is 3.60. The molecule has 150 valence electrons. The van der Waals surface area contributed by atoms with Crippen molar-refractivity contribution < 1.29 is 28.1 Å². The zero-order chi connectivity index (χ0) is 20.3. The van der Waals surface area contributed by atoms with Gasteiger partial charge in [-0.25, -0.2) is 9.18 Å². The Hall–Kier alpha value is -2.87. The number of fused-ring (bicyclic) bond motifs is 3. The van der Waals surface area contributed by atoms with Crippen molar-refractivity contribution in [3.8, 4) is 22.8 Å². The molecule has 0 amide bonds. The van der Waals surface area contributed by atoms with E-state index in [1.807, 2.05) is 6.07 Å². The molecule has 8 heteroatoms. The van der Waals surface area contributed by atoms with Gasteiger partial charge >= 0.3 is 5.97 Å². The summed E-state index contributed by atoms with van der Waals surface area (Å²) < 4.78 is 37.2. The van der Waals surface area contributed by atoms with Crippen molar-refractivity contribution in [1.82, 2.24) is 4.57 Å². The van der Waals surface area contributed by atoms with E-state index in [1.54, 1.807) is 17.7 Å². The largest absolute Gasteiger partial charge is 0.493 e. The van der Waals surface area contributed by atoms with Crippen LogP contribution in [0.15, 0.2) is 23.1 Å². The van der Waals surface area contributed by atoms with Gasteiger partial charge in [0.15, 0.2) is 17.3 Å². The number of aromatic nitrogens is 1. The van der Waals surface area contributed by atoms with Gasteiger partial charge in [-0.1, -0.05) is 0 Å². The van der Waals surface area contributed by atoms with Crippen molar-refractivity contribution in [3.63, 3.8) is 0 Å². The van der Waals surface area contributed by atoms with Gasteiger partial charge in [0.05, 0.1) is 26.5 Å². The van der Waals surface area contributed by atoms with E-state index < -0.39 is 17.2 Å². The first-order chi connectivity index (χ1) is 13.5. The first-order valence-electron chi connectivity index (χ1n) is 8.86. The summed E-state index contributed by atoms with van der Waals surface area (Å²) in [6, 6.07) is 3.47. The molecule has 2 heterocycles. The number of hydrogen-bond donors (Lipinski definition) is 0. The zero-order valence-corrected chi connectivity index (χ0v) is 16.0. The number of methoxy groups -OCH3 is 3. The van der Waals surface area contributed by atoms with Crippen LogP contribution in [-0.4, -0.2) is 45.1 Å². The van der Waals surface area contributed by atoms with Crippen LogP contribution in [-0.2, 0) is 22.4 Å². The molecule has 0 fully saturated rings. The van der Waals surface area contributed by atoms with E-state index in [1.165, 1.54) is 13.3 Å². The fraction of sp³-hybridized carbons (Fsp3) is 0.400. The van der Waals surface area contributed by atoms with E-state index in [2.05, 4.69) is 4.74 Å². The maximum Gasteiger partial charge on any atom is 0.343 e. The van der Waals surface area contributed by atoms with Crippen molar-refractivity contribution in [2.45, 2.75) is 19.4 Å². The molecule has 0 bridgehead atoms. The molecular weight excluding hydrogens is 369 g/mol. The number of carbonyl (C=O) groups excluding carboxylic acids is 1. The predicted octanol–water partition coefficient (Wildman–Crippen LogP) is 2.42. The molecule has 1 aliphatic rings. The lowest BCUT2D eigenvalue weighted by atomic mass is 9.95. The molecule has 2 aromatic rings. The minimum absolute atomic E-state index is 0.128. The Bertz CT molecular complexity index is 953. The van der Waals surface area contributed by atoms with E-state index in [-0.39, 0.29) is 11.3 Å². The minimum Gasteiger partial charge on any atom is -0.493 e. The minimum atomic E-state index is -0.986. The van der Waals surface area contributed by atoms with Crippen LogP contribution in [0.2, 0.25) is 0 Å². The molecular formula is C20H22FNO6. The highest BCUT2D eigenvalue weighted by Crippen LogP contribution is 2.39. The summed E-state index contributed by atoms with van der Waals surface area (Å²) in [6.45, 7) is 1.45. The Morgan fingerprint density at radius 3 is 2.64 bits per heavy atom. The molecule has 7 nitrogen and oxygen atoms in total. The molecule has 3 rings (SSSR count). The number of benzene rings is 1. The summed E-state index contributed by atoms with van der Waals surface area (Å²) in [5.41, 5.74) is 0.204. The standard InChI is InChI=1S/C20H22FNO6/c1-25-7-4-8-28-16-9-12-5-6-22-11-14(20(24)27-3)19(23)17(21)18(22)13(12)10-15(16)26-2/h9-11H,4-8H2,1-3H3. The first kappa shape index (κ1) is 19.9. The van der Waals surface area contributed by atoms with Gasteiger partial charge in [-0.3, -0.25) is 4.79 Å². The van der Waals surface area contributed by atoms with Gasteiger partial charge in [-0.2, -0.15) is 0 Å². The van der Waals surface area contributed by atoms with Gasteiger partial charge in [0.1, 0.15) is 5.56 Å². The van der Waals surface area contributed by atoms with Crippen LogP contribution in [0.1, 0.15) is 22.3 Å². The monoisotopic (exact) mass is 391 g/mol. The van der Waals surface area contributed by atoms with E-state index in [9.17, 15) is 14.0 Å². The van der Waals surface area contributed by atoms with E-state index in [0.29, 0.717) is 43.2 Å². The van der Waals surface area contributed by atoms with Crippen LogP contribution in [0.25, 0.3) is 11.3 Å². The second-order valence-corrected chi connectivity index (χ2v) is 6.32. The third-order valence-corrected chi connectivity index (χ3v) is 4.65. The molecule has 0 unspecified atom stereocenters. The highest BCUT2D eigenvalue weighted by atomic mass is 19.1. The number of pyridine rings is 1. The van der Waals surface area contributed by atoms with Gasteiger partial charge in [0.25, 0.3) is 0 Å². The first-order valence-corrected chi connectivity index (χ1v) is 8.86. The summed E-state index contributed by atoms with van der Waals surface area (Å²) >= 11 is 0. The summed E-state index contributed by atoms with van der Waals surface area (Å²) in [4.78, 5) is 24.1. The lowest BCUT2D eigenvalue weighted by molar-refractivity contribution is 0.0597. The van der Waals surface area contributed by atoms with Crippen molar-refractivity contribution in [2.24, 2.45) is 0 Å². The van der Waals surface area contributed by atoms with Crippen LogP contribution in [0.5, 0.6) is 11.5 Å². The zero-order valence-electron chi connectivity index (χ0n) is 16.0. The topological polar surface area (TPSA) is 76.0 Å². The summed E-state index contributed by atoms with van der Waals surface area (Å²) in [6.07, 6.45) is 2.65. The molecule has 1 aromatic carbocycles. The molecule has 1 aliphatic heterocycles. The molecule has 0 saturated heterocycles. The van der Waals surface area contributed by atoms with Crippen LogP contribution < -0.4 is 14.9 Å². The average Bonchev–Trinajstić information content (AvgIpc) is 2.72. The lowest BCUT2D eigenvalue weighted by Gasteiger charge is -2.25. The summed E-state index contributed by atoms with van der Waals surface area (Å²) in [5.74, 6) is -0.852. The quantitative estimate of drug-likeness (QED) is 0.533. The number of halogens is 1. The van der Waals surface area contributed by atoms with Crippen molar-refractivity contribution in [3.05, 3.63) is 45.5 Å². The van der Waals surface area contributed by atoms with E-state index in [4.69, 9.17) is 14.2 Å².